The van der Waals surface area contributed by atoms with E-state index in [9.17, 15) is 10.1 Å². The van der Waals surface area contributed by atoms with Gasteiger partial charge in [-0.25, -0.2) is 9.97 Å². The molecule has 1 saturated heterocycles. The molecule has 1 aliphatic rings. The van der Waals surface area contributed by atoms with Gasteiger partial charge in [-0.2, -0.15) is 5.26 Å². The summed E-state index contributed by atoms with van der Waals surface area (Å²) in [6, 6.07) is 11.7. The van der Waals surface area contributed by atoms with Crippen LogP contribution in [0.4, 0.5) is 11.4 Å². The largest absolute Gasteiger partial charge is 0.363 e. The Balaban J connectivity index is 1.57. The van der Waals surface area contributed by atoms with Crippen LogP contribution in [0.2, 0.25) is 0 Å². The fourth-order valence-corrected chi connectivity index (χ4v) is 4.55. The van der Waals surface area contributed by atoms with E-state index >= 15 is 0 Å². The first kappa shape index (κ1) is 19.1. The van der Waals surface area contributed by atoms with Gasteiger partial charge in [-0.05, 0) is 38.1 Å². The van der Waals surface area contributed by atoms with Crippen molar-refractivity contribution in [2.75, 3.05) is 22.9 Å². The highest BCUT2D eigenvalue weighted by atomic mass is 16.1. The first-order valence-electron chi connectivity index (χ1n) is 10.3. The number of aryl methyl sites for hydroxylation is 1. The summed E-state index contributed by atoms with van der Waals surface area (Å²) in [6.45, 7) is 5.84. The van der Waals surface area contributed by atoms with Gasteiger partial charge in [-0.15, -0.1) is 0 Å². The average Bonchev–Trinajstić information content (AvgIpc) is 3.26. The number of hydrogen-bond donors (Lipinski definition) is 0. The molecule has 5 rings (SSSR count). The SMILES string of the molecule is C[C@@H]1CN(c2cc(=O)n(C)c3ccc(C#N)nc23)[C@@H](C)CN1c1cccn2ccnc12. The quantitative estimate of drug-likeness (QED) is 0.502. The summed E-state index contributed by atoms with van der Waals surface area (Å²) in [4.78, 5) is 26.4. The highest BCUT2D eigenvalue weighted by molar-refractivity contribution is 5.89. The van der Waals surface area contributed by atoms with E-state index in [1.807, 2.05) is 29.1 Å². The second kappa shape index (κ2) is 7.13. The van der Waals surface area contributed by atoms with E-state index < -0.39 is 0 Å². The summed E-state index contributed by atoms with van der Waals surface area (Å²) in [5.74, 6) is 0. The van der Waals surface area contributed by atoms with Gasteiger partial charge >= 0.3 is 0 Å². The van der Waals surface area contributed by atoms with Gasteiger partial charge in [-0.3, -0.25) is 4.79 Å². The molecular weight excluding hydrogens is 390 g/mol. The average molecular weight is 413 g/mol. The molecule has 0 saturated carbocycles. The maximum atomic E-state index is 12.7. The van der Waals surface area contributed by atoms with Crippen molar-refractivity contribution in [1.82, 2.24) is 18.9 Å². The Kier molecular flexibility index (Phi) is 4.40. The van der Waals surface area contributed by atoms with Crippen LogP contribution in [0, 0.1) is 11.3 Å². The summed E-state index contributed by atoms with van der Waals surface area (Å²) in [5.41, 5.74) is 4.50. The Morgan fingerprint density at radius 3 is 2.55 bits per heavy atom. The zero-order valence-electron chi connectivity index (χ0n) is 17.7. The smallest absolute Gasteiger partial charge is 0.252 e. The van der Waals surface area contributed by atoms with Gasteiger partial charge in [0.25, 0.3) is 5.56 Å². The Bertz CT molecular complexity index is 1400. The van der Waals surface area contributed by atoms with Crippen molar-refractivity contribution in [3.63, 3.8) is 0 Å². The Morgan fingerprint density at radius 1 is 1.06 bits per heavy atom. The molecule has 0 bridgehead atoms. The van der Waals surface area contributed by atoms with Crippen LogP contribution in [0.3, 0.4) is 0 Å². The standard InChI is InChI=1S/C23H23N7O/c1-15-14-30(16(2)13-29(15)19-5-4-9-28-10-8-25-23(19)28)20-11-21(31)27(3)18-7-6-17(12-24)26-22(18)20/h4-11,15-16H,13-14H2,1-3H3/t15-,16+/m1/s1. The molecular formula is C23H23N7O. The molecule has 0 aromatic carbocycles. The van der Waals surface area contributed by atoms with E-state index in [-0.39, 0.29) is 17.6 Å². The number of aromatic nitrogens is 4. The number of fused-ring (bicyclic) bond motifs is 2. The molecule has 4 aromatic rings. The van der Waals surface area contributed by atoms with Crippen LogP contribution in [0.1, 0.15) is 19.5 Å². The highest BCUT2D eigenvalue weighted by Crippen LogP contribution is 2.32. The Morgan fingerprint density at radius 2 is 1.81 bits per heavy atom. The molecule has 4 aromatic heterocycles. The van der Waals surface area contributed by atoms with Crippen LogP contribution in [0.5, 0.6) is 0 Å². The lowest BCUT2D eigenvalue weighted by molar-refractivity contribution is 0.482. The van der Waals surface area contributed by atoms with Crippen molar-refractivity contribution in [2.45, 2.75) is 25.9 Å². The van der Waals surface area contributed by atoms with Crippen molar-refractivity contribution < 1.29 is 0 Å². The lowest BCUT2D eigenvalue weighted by Gasteiger charge is -2.46. The van der Waals surface area contributed by atoms with Crippen molar-refractivity contribution in [2.24, 2.45) is 7.05 Å². The summed E-state index contributed by atoms with van der Waals surface area (Å²) in [5, 5.41) is 9.34. The first-order chi connectivity index (χ1) is 15.0. The fraction of sp³-hybridized carbons (Fsp3) is 0.304. The molecule has 0 aliphatic carbocycles. The minimum atomic E-state index is -0.0848. The van der Waals surface area contributed by atoms with E-state index in [1.54, 1.807) is 29.8 Å². The van der Waals surface area contributed by atoms with Crippen molar-refractivity contribution in [3.05, 3.63) is 65.0 Å². The zero-order chi connectivity index (χ0) is 21.7. The molecule has 0 radical (unpaired) electrons. The number of rotatable bonds is 2. The lowest BCUT2D eigenvalue weighted by Crippen LogP contribution is -2.57. The third-order valence-corrected chi connectivity index (χ3v) is 6.19. The predicted octanol–water partition coefficient (Wildman–Crippen LogP) is 2.56. The van der Waals surface area contributed by atoms with E-state index in [2.05, 4.69) is 45.8 Å². The Labute approximate surface area is 179 Å². The molecule has 0 amide bonds. The zero-order valence-corrected chi connectivity index (χ0v) is 17.7. The van der Waals surface area contributed by atoms with Crippen LogP contribution < -0.4 is 15.4 Å². The molecule has 31 heavy (non-hydrogen) atoms. The minimum absolute atomic E-state index is 0.0848. The molecule has 1 aliphatic heterocycles. The molecule has 1 fully saturated rings. The van der Waals surface area contributed by atoms with Crippen LogP contribution in [0.15, 0.2) is 53.7 Å². The van der Waals surface area contributed by atoms with Crippen molar-refractivity contribution in [1.29, 1.82) is 5.26 Å². The van der Waals surface area contributed by atoms with Crippen LogP contribution in [-0.2, 0) is 7.05 Å². The monoisotopic (exact) mass is 413 g/mol. The number of hydrogen-bond acceptors (Lipinski definition) is 6. The highest BCUT2D eigenvalue weighted by Gasteiger charge is 2.32. The lowest BCUT2D eigenvalue weighted by atomic mass is 10.1. The fourth-order valence-electron chi connectivity index (χ4n) is 4.55. The number of piperazine rings is 1. The number of nitrogens with zero attached hydrogens (tertiary/aromatic N) is 7. The molecule has 8 heteroatoms. The van der Waals surface area contributed by atoms with Gasteiger partial charge in [0, 0.05) is 56.9 Å². The molecule has 0 N–H and O–H groups in total. The maximum Gasteiger partial charge on any atom is 0.252 e. The summed E-state index contributed by atoms with van der Waals surface area (Å²) < 4.78 is 3.61. The van der Waals surface area contributed by atoms with Crippen LogP contribution in [0.25, 0.3) is 16.7 Å². The molecule has 0 unspecified atom stereocenters. The normalized spacial score (nSPS) is 19.2. The Hall–Kier alpha value is -3.86. The molecule has 2 atom stereocenters. The summed E-state index contributed by atoms with van der Waals surface area (Å²) >= 11 is 0. The number of pyridine rings is 3. The van der Waals surface area contributed by atoms with Crippen molar-refractivity contribution in [3.8, 4) is 6.07 Å². The summed E-state index contributed by atoms with van der Waals surface area (Å²) in [7, 11) is 1.73. The van der Waals surface area contributed by atoms with Gasteiger partial charge in [0.15, 0.2) is 5.65 Å². The minimum Gasteiger partial charge on any atom is -0.363 e. The number of nitriles is 1. The molecule has 156 valence electrons. The second-order valence-electron chi connectivity index (χ2n) is 8.16. The number of imidazole rings is 1. The molecule has 5 heterocycles. The van der Waals surface area contributed by atoms with E-state index in [0.29, 0.717) is 11.2 Å². The molecule has 8 nitrogen and oxygen atoms in total. The third-order valence-electron chi connectivity index (χ3n) is 6.19. The van der Waals surface area contributed by atoms with Gasteiger partial charge in [0.2, 0.25) is 0 Å². The maximum absolute atomic E-state index is 12.7. The van der Waals surface area contributed by atoms with Crippen LogP contribution >= 0.6 is 0 Å². The van der Waals surface area contributed by atoms with Gasteiger partial charge in [0.05, 0.1) is 16.9 Å². The topological polar surface area (TPSA) is 82.5 Å². The molecule has 0 spiro atoms. The van der Waals surface area contributed by atoms with Crippen LogP contribution in [-0.4, -0.2) is 44.1 Å². The second-order valence-corrected chi connectivity index (χ2v) is 8.16. The third kappa shape index (κ3) is 3.01. The van der Waals surface area contributed by atoms with Gasteiger partial charge in [-0.1, -0.05) is 0 Å². The summed E-state index contributed by atoms with van der Waals surface area (Å²) in [6.07, 6.45) is 5.77. The van der Waals surface area contributed by atoms with Crippen molar-refractivity contribution >= 4 is 28.1 Å². The predicted molar refractivity (Wildman–Crippen MR) is 121 cm³/mol. The number of anilines is 2. The van der Waals surface area contributed by atoms with E-state index in [0.717, 1.165) is 35.6 Å². The first-order valence-corrected chi connectivity index (χ1v) is 10.3. The van der Waals surface area contributed by atoms with Gasteiger partial charge in [0.1, 0.15) is 17.3 Å². The van der Waals surface area contributed by atoms with E-state index in [1.165, 1.54) is 0 Å². The van der Waals surface area contributed by atoms with Gasteiger partial charge < -0.3 is 18.8 Å². The van der Waals surface area contributed by atoms with E-state index in [4.69, 9.17) is 0 Å².